The van der Waals surface area contributed by atoms with Gasteiger partial charge in [-0.25, -0.2) is 15.0 Å². The van der Waals surface area contributed by atoms with Gasteiger partial charge >= 0.3 is 12.0 Å². The smallest absolute Gasteiger partial charge is 0.344 e. The summed E-state index contributed by atoms with van der Waals surface area (Å²) in [7, 11) is 1.44. The number of carbonyl (C=O) groups is 2. The van der Waals surface area contributed by atoms with Gasteiger partial charge in [-0.15, -0.1) is 0 Å². The van der Waals surface area contributed by atoms with Crippen LogP contribution >= 0.6 is 0 Å². The molecule has 0 heterocycles. The van der Waals surface area contributed by atoms with Gasteiger partial charge < -0.3 is 24.6 Å². The highest BCUT2D eigenvalue weighted by molar-refractivity contribution is 5.90. The summed E-state index contributed by atoms with van der Waals surface area (Å²) in [6.07, 6.45) is 0.404. The molecule has 1 atom stereocenters. The molecule has 0 saturated carbocycles. The van der Waals surface area contributed by atoms with Gasteiger partial charge in [0.25, 0.3) is 0 Å². The average molecular weight is 401 g/mol. The van der Waals surface area contributed by atoms with Crippen molar-refractivity contribution < 1.29 is 28.9 Å². The number of nitrogens with one attached hydrogen (secondary N) is 2. The highest BCUT2D eigenvalue weighted by Gasteiger charge is 2.15. The van der Waals surface area contributed by atoms with Crippen LogP contribution in [0.1, 0.15) is 19.4 Å². The molecule has 0 saturated heterocycles. The second-order valence-electron chi connectivity index (χ2n) is 5.79. The van der Waals surface area contributed by atoms with E-state index >= 15 is 0 Å². The first-order valence-electron chi connectivity index (χ1n) is 8.83. The third-order valence-electron chi connectivity index (χ3n) is 3.64. The molecule has 0 aliphatic carbocycles. The molecule has 29 heavy (non-hydrogen) atoms. The minimum Gasteiger partial charge on any atom is -0.494 e. The highest BCUT2D eigenvalue weighted by atomic mass is 16.5. The maximum absolute atomic E-state index is 11.9. The van der Waals surface area contributed by atoms with E-state index in [-0.39, 0.29) is 0 Å². The van der Waals surface area contributed by atoms with E-state index in [4.69, 9.17) is 19.3 Å². The summed E-state index contributed by atoms with van der Waals surface area (Å²) in [5, 5.41) is 15.5. The van der Waals surface area contributed by atoms with Crippen molar-refractivity contribution in [2.45, 2.75) is 20.0 Å². The van der Waals surface area contributed by atoms with Gasteiger partial charge in [-0.1, -0.05) is 0 Å². The molecule has 154 valence electrons. The number of rotatable bonds is 9. The van der Waals surface area contributed by atoms with E-state index in [9.17, 15) is 9.59 Å². The Bertz CT molecular complexity index is 867. The third kappa shape index (κ3) is 6.73. The van der Waals surface area contributed by atoms with Crippen LogP contribution in [0.4, 0.5) is 10.5 Å². The van der Waals surface area contributed by atoms with Crippen LogP contribution < -0.4 is 25.0 Å². The number of benzene rings is 2. The SMILES string of the molecule is CCOc1ccc(NC(=O)N/N=C/c2ccc(O[C@@H](C)C(=O)O)c(OC)c2)cc1. The molecular formula is C20H23N3O6. The van der Waals surface area contributed by atoms with E-state index in [2.05, 4.69) is 15.8 Å². The van der Waals surface area contributed by atoms with Crippen molar-refractivity contribution in [2.75, 3.05) is 19.0 Å². The lowest BCUT2D eigenvalue weighted by Gasteiger charge is -2.14. The number of carboxylic acid groups (broad SMARTS) is 1. The molecule has 2 amide bonds. The van der Waals surface area contributed by atoms with E-state index in [0.29, 0.717) is 29.4 Å². The standard InChI is InChI=1S/C20H23N3O6/c1-4-28-16-8-6-15(7-9-16)22-20(26)23-21-12-14-5-10-17(18(11-14)27-3)29-13(2)19(24)25/h5-13H,4H2,1-3H3,(H,24,25)(H2,22,23,26)/b21-12+/t13-/m0/s1. The quantitative estimate of drug-likeness (QED) is 0.439. The molecule has 9 nitrogen and oxygen atoms in total. The van der Waals surface area contributed by atoms with E-state index in [1.165, 1.54) is 20.2 Å². The molecule has 9 heteroatoms. The number of aliphatic carboxylic acids is 1. The van der Waals surface area contributed by atoms with Crippen LogP contribution in [0.15, 0.2) is 47.6 Å². The molecule has 2 aromatic carbocycles. The van der Waals surface area contributed by atoms with Crippen LogP contribution in [0.25, 0.3) is 0 Å². The molecule has 0 unspecified atom stereocenters. The predicted molar refractivity (Wildman–Crippen MR) is 108 cm³/mol. The van der Waals surface area contributed by atoms with Gasteiger partial charge in [0, 0.05) is 5.69 Å². The zero-order valence-corrected chi connectivity index (χ0v) is 16.3. The van der Waals surface area contributed by atoms with Crippen LogP contribution in [0.2, 0.25) is 0 Å². The number of hydrazone groups is 1. The third-order valence-corrected chi connectivity index (χ3v) is 3.64. The first-order valence-corrected chi connectivity index (χ1v) is 8.83. The Morgan fingerprint density at radius 1 is 1.17 bits per heavy atom. The Balaban J connectivity index is 1.93. The summed E-state index contributed by atoms with van der Waals surface area (Å²) in [6, 6.07) is 11.3. The van der Waals surface area contributed by atoms with Gasteiger partial charge in [0.2, 0.25) is 0 Å². The zero-order valence-electron chi connectivity index (χ0n) is 16.3. The Labute approximate surface area is 168 Å². The summed E-state index contributed by atoms with van der Waals surface area (Å²) < 4.78 is 15.9. The van der Waals surface area contributed by atoms with Crippen molar-refractivity contribution in [1.29, 1.82) is 0 Å². The minimum atomic E-state index is -1.08. The number of urea groups is 1. The largest absolute Gasteiger partial charge is 0.494 e. The van der Waals surface area contributed by atoms with Crippen molar-refractivity contribution >= 4 is 23.9 Å². The molecule has 0 aliphatic rings. The Morgan fingerprint density at radius 2 is 1.90 bits per heavy atom. The summed E-state index contributed by atoms with van der Waals surface area (Å²) in [6.45, 7) is 3.88. The van der Waals surface area contributed by atoms with E-state index in [1.54, 1.807) is 42.5 Å². The lowest BCUT2D eigenvalue weighted by molar-refractivity contribution is -0.144. The monoisotopic (exact) mass is 401 g/mol. The molecule has 0 aliphatic heterocycles. The lowest BCUT2D eigenvalue weighted by atomic mass is 10.2. The molecule has 0 aromatic heterocycles. The van der Waals surface area contributed by atoms with Crippen LogP contribution in [0.5, 0.6) is 17.2 Å². The molecule has 0 radical (unpaired) electrons. The first kappa shape index (κ1) is 21.5. The molecule has 0 spiro atoms. The maximum Gasteiger partial charge on any atom is 0.344 e. The fraction of sp³-hybridized carbons (Fsp3) is 0.250. The van der Waals surface area contributed by atoms with Crippen LogP contribution in [-0.4, -0.2) is 43.1 Å². The minimum absolute atomic E-state index is 0.292. The Hall–Kier alpha value is -3.75. The van der Waals surface area contributed by atoms with Crippen molar-refractivity contribution in [3.8, 4) is 17.2 Å². The van der Waals surface area contributed by atoms with Gasteiger partial charge in [-0.3, -0.25) is 0 Å². The van der Waals surface area contributed by atoms with Crippen molar-refractivity contribution in [3.63, 3.8) is 0 Å². The fourth-order valence-electron chi connectivity index (χ4n) is 2.23. The number of amides is 2. The molecule has 2 aromatic rings. The molecule has 0 fully saturated rings. The van der Waals surface area contributed by atoms with Crippen molar-refractivity contribution in [1.82, 2.24) is 5.43 Å². The topological polar surface area (TPSA) is 118 Å². The molecule has 2 rings (SSSR count). The fourth-order valence-corrected chi connectivity index (χ4v) is 2.23. The van der Waals surface area contributed by atoms with Crippen LogP contribution in [0, 0.1) is 0 Å². The van der Waals surface area contributed by atoms with Crippen LogP contribution in [0.3, 0.4) is 0 Å². The molecule has 0 bridgehead atoms. The number of nitrogens with zero attached hydrogens (tertiary/aromatic N) is 1. The Morgan fingerprint density at radius 3 is 2.52 bits per heavy atom. The van der Waals surface area contributed by atoms with Gasteiger partial charge in [0.1, 0.15) is 5.75 Å². The summed E-state index contributed by atoms with van der Waals surface area (Å²) in [5.74, 6) is 0.276. The number of hydrogen-bond donors (Lipinski definition) is 3. The van der Waals surface area contributed by atoms with Crippen LogP contribution in [-0.2, 0) is 4.79 Å². The average Bonchev–Trinajstić information content (AvgIpc) is 2.70. The predicted octanol–water partition coefficient (Wildman–Crippen LogP) is 3.10. The maximum atomic E-state index is 11.9. The summed E-state index contributed by atoms with van der Waals surface area (Å²) in [5.41, 5.74) is 3.57. The number of hydrogen-bond acceptors (Lipinski definition) is 6. The highest BCUT2D eigenvalue weighted by Crippen LogP contribution is 2.28. The second kappa shape index (κ2) is 10.5. The van der Waals surface area contributed by atoms with Crippen molar-refractivity contribution in [2.24, 2.45) is 5.10 Å². The molecular weight excluding hydrogens is 378 g/mol. The second-order valence-corrected chi connectivity index (χ2v) is 5.79. The molecule has 3 N–H and O–H groups in total. The van der Waals surface area contributed by atoms with Gasteiger partial charge in [0.05, 0.1) is 19.9 Å². The normalized spacial score (nSPS) is 11.6. The number of anilines is 1. The van der Waals surface area contributed by atoms with Gasteiger partial charge in [0.15, 0.2) is 17.6 Å². The number of carboxylic acids is 1. The number of carbonyl (C=O) groups excluding carboxylic acids is 1. The number of ether oxygens (including phenoxy) is 3. The summed E-state index contributed by atoms with van der Waals surface area (Å²) >= 11 is 0. The van der Waals surface area contributed by atoms with Crippen molar-refractivity contribution in [3.05, 3.63) is 48.0 Å². The zero-order chi connectivity index (χ0) is 21.2. The van der Waals surface area contributed by atoms with E-state index < -0.39 is 18.1 Å². The summed E-state index contributed by atoms with van der Waals surface area (Å²) in [4.78, 5) is 22.8. The Kier molecular flexibility index (Phi) is 7.84. The van der Waals surface area contributed by atoms with Gasteiger partial charge in [-0.05, 0) is 61.9 Å². The number of methoxy groups -OCH3 is 1. The first-order chi connectivity index (χ1) is 13.9. The van der Waals surface area contributed by atoms with E-state index in [0.717, 1.165) is 5.75 Å². The lowest BCUT2D eigenvalue weighted by Crippen LogP contribution is -2.24. The van der Waals surface area contributed by atoms with E-state index in [1.807, 2.05) is 6.92 Å². The van der Waals surface area contributed by atoms with Gasteiger partial charge in [-0.2, -0.15) is 5.10 Å².